The number of ether oxygens (including phenoxy) is 1. The van der Waals surface area contributed by atoms with Crippen LogP contribution in [0.5, 0.6) is 11.5 Å². The Bertz CT molecular complexity index is 1030. The van der Waals surface area contributed by atoms with E-state index >= 15 is 0 Å². The number of Topliss-reactive ketones (excluding diaryl/α,β-unsaturated/α-hetero) is 1. The number of phenols is 1. The Morgan fingerprint density at radius 2 is 1.70 bits per heavy atom. The van der Waals surface area contributed by atoms with E-state index in [9.17, 15) is 24.2 Å². The van der Waals surface area contributed by atoms with Gasteiger partial charge in [-0.05, 0) is 67.6 Å². The number of amides is 1. The van der Waals surface area contributed by atoms with E-state index in [2.05, 4.69) is 12.2 Å². The summed E-state index contributed by atoms with van der Waals surface area (Å²) in [4.78, 5) is 27.0. The predicted octanol–water partition coefficient (Wildman–Crippen LogP) is 5.75. The van der Waals surface area contributed by atoms with Crippen molar-refractivity contribution in [2.45, 2.75) is 89.4 Å². The zero-order valence-corrected chi connectivity index (χ0v) is 23.7. The van der Waals surface area contributed by atoms with E-state index in [0.717, 1.165) is 25.0 Å². The fourth-order valence-electron chi connectivity index (χ4n) is 4.98. The number of ketones is 1. The lowest BCUT2D eigenvalue weighted by Crippen LogP contribution is -2.46. The maximum Gasteiger partial charge on any atom is 0.220 e. The van der Waals surface area contributed by atoms with Gasteiger partial charge in [0.15, 0.2) is 5.78 Å². The number of nitrogens with zero attached hydrogens (tertiary/aromatic N) is 1. The third-order valence-corrected chi connectivity index (χ3v) is 7.38. The molecule has 3 atom stereocenters. The Morgan fingerprint density at radius 1 is 1.00 bits per heavy atom. The normalized spacial score (nSPS) is 16.9. The van der Waals surface area contributed by atoms with Gasteiger partial charge in [0, 0.05) is 38.0 Å². The minimum absolute atomic E-state index is 0.0114. The van der Waals surface area contributed by atoms with Crippen LogP contribution in [-0.4, -0.2) is 65.3 Å². The monoisotopic (exact) mass is 556 g/mol. The van der Waals surface area contributed by atoms with Crippen molar-refractivity contribution >= 4 is 11.7 Å². The van der Waals surface area contributed by atoms with Gasteiger partial charge >= 0.3 is 0 Å². The summed E-state index contributed by atoms with van der Waals surface area (Å²) in [7, 11) is 0. The molecule has 1 aliphatic rings. The van der Waals surface area contributed by atoms with Gasteiger partial charge in [0.25, 0.3) is 0 Å². The number of carbonyl (C=O) groups is 2. The Morgan fingerprint density at radius 3 is 2.38 bits per heavy atom. The molecule has 8 heteroatoms. The highest BCUT2D eigenvalue weighted by Gasteiger charge is 2.29. The molecule has 1 amide bonds. The number of benzene rings is 2. The first kappa shape index (κ1) is 31.6. The number of aromatic hydroxyl groups is 1. The van der Waals surface area contributed by atoms with Crippen molar-refractivity contribution in [1.29, 1.82) is 0 Å². The molecule has 40 heavy (non-hydrogen) atoms. The standard InChI is InChI=1S/C32H45FN2O5/c1-2-3-4-8-21-40-28-17-13-25(14-18-28)32(39)29(23-35-20-19-26(33)22-35)34-31(38)10-7-5-6-9-30(37)24-11-15-27(36)16-12-24/h11-18,26,29,32,36,39H,2-10,19-23H2,1H3,(H,34,38)/t26?,29-,32-/m1/s1. The van der Waals surface area contributed by atoms with Gasteiger partial charge in [-0.1, -0.05) is 44.7 Å². The largest absolute Gasteiger partial charge is 0.508 e. The number of aliphatic hydroxyl groups is 1. The summed E-state index contributed by atoms with van der Waals surface area (Å²) in [6, 6.07) is 12.9. The number of unbranched alkanes of at least 4 members (excludes halogenated alkanes) is 5. The van der Waals surface area contributed by atoms with Crippen LogP contribution in [0.4, 0.5) is 4.39 Å². The van der Waals surface area contributed by atoms with Crippen LogP contribution in [-0.2, 0) is 4.79 Å². The van der Waals surface area contributed by atoms with Crippen LogP contribution in [0.2, 0.25) is 0 Å². The van der Waals surface area contributed by atoms with Gasteiger partial charge in [-0.25, -0.2) is 4.39 Å². The predicted molar refractivity (Wildman–Crippen MR) is 154 cm³/mol. The molecular formula is C32H45FN2O5. The van der Waals surface area contributed by atoms with Crippen LogP contribution in [0.3, 0.4) is 0 Å². The van der Waals surface area contributed by atoms with Crippen LogP contribution < -0.4 is 10.1 Å². The highest BCUT2D eigenvalue weighted by Crippen LogP contribution is 2.23. The molecule has 3 N–H and O–H groups in total. The fraction of sp³-hybridized carbons (Fsp3) is 0.562. The number of likely N-dealkylation sites (tertiary alicyclic amines) is 1. The molecule has 3 rings (SSSR count). The van der Waals surface area contributed by atoms with Gasteiger partial charge in [0.2, 0.25) is 5.91 Å². The summed E-state index contributed by atoms with van der Waals surface area (Å²) >= 11 is 0. The van der Waals surface area contributed by atoms with E-state index in [1.54, 1.807) is 12.1 Å². The Hall–Kier alpha value is -2.97. The van der Waals surface area contributed by atoms with Crippen molar-refractivity contribution in [3.05, 3.63) is 59.7 Å². The lowest BCUT2D eigenvalue weighted by molar-refractivity contribution is -0.123. The number of halogens is 1. The highest BCUT2D eigenvalue weighted by molar-refractivity contribution is 5.96. The first-order valence-corrected chi connectivity index (χ1v) is 14.7. The summed E-state index contributed by atoms with van der Waals surface area (Å²) in [6.07, 6.45) is 5.84. The van der Waals surface area contributed by atoms with Crippen molar-refractivity contribution < 1.29 is 28.9 Å². The van der Waals surface area contributed by atoms with Gasteiger partial charge in [-0.15, -0.1) is 0 Å². The zero-order chi connectivity index (χ0) is 28.7. The van der Waals surface area contributed by atoms with Gasteiger partial charge in [0.1, 0.15) is 23.8 Å². The molecule has 0 radical (unpaired) electrons. The first-order valence-electron chi connectivity index (χ1n) is 14.7. The van der Waals surface area contributed by atoms with Crippen molar-refractivity contribution in [2.24, 2.45) is 0 Å². The second-order valence-corrected chi connectivity index (χ2v) is 10.8. The van der Waals surface area contributed by atoms with E-state index in [1.165, 1.54) is 25.0 Å². The second-order valence-electron chi connectivity index (χ2n) is 10.8. The molecule has 1 fully saturated rings. The maximum atomic E-state index is 13.8. The number of alkyl halides is 1. The van der Waals surface area contributed by atoms with Crippen LogP contribution in [0, 0.1) is 0 Å². The lowest BCUT2D eigenvalue weighted by Gasteiger charge is -2.29. The topological polar surface area (TPSA) is 99.1 Å². The number of hydrogen-bond acceptors (Lipinski definition) is 6. The van der Waals surface area contributed by atoms with Crippen LogP contribution in [0.15, 0.2) is 48.5 Å². The van der Waals surface area contributed by atoms with Gasteiger partial charge < -0.3 is 20.3 Å². The van der Waals surface area contributed by atoms with Gasteiger partial charge in [0.05, 0.1) is 12.6 Å². The average Bonchev–Trinajstić information content (AvgIpc) is 3.37. The van der Waals surface area contributed by atoms with Crippen LogP contribution in [0.25, 0.3) is 0 Å². The molecule has 0 saturated carbocycles. The third-order valence-electron chi connectivity index (χ3n) is 7.38. The van der Waals surface area contributed by atoms with Crippen LogP contribution >= 0.6 is 0 Å². The highest BCUT2D eigenvalue weighted by atomic mass is 19.1. The summed E-state index contributed by atoms with van der Waals surface area (Å²) in [5, 5.41) is 23.5. The summed E-state index contributed by atoms with van der Waals surface area (Å²) < 4.78 is 19.6. The number of rotatable bonds is 18. The van der Waals surface area contributed by atoms with Crippen molar-refractivity contribution in [1.82, 2.24) is 10.2 Å². The molecule has 1 aliphatic heterocycles. The number of aliphatic hydroxyl groups excluding tert-OH is 1. The SMILES string of the molecule is CCCCCCOc1ccc([C@@H](O)[C@@H](CN2CCC(F)C2)NC(=O)CCCCCC(=O)c2ccc(O)cc2)cc1. The van der Waals surface area contributed by atoms with E-state index in [1.807, 2.05) is 29.2 Å². The molecule has 0 aromatic heterocycles. The molecule has 2 aromatic carbocycles. The first-order chi connectivity index (χ1) is 19.4. The summed E-state index contributed by atoms with van der Waals surface area (Å²) in [5.41, 5.74) is 1.24. The molecule has 2 aromatic rings. The molecule has 0 aliphatic carbocycles. The van der Waals surface area contributed by atoms with Crippen molar-refractivity contribution in [3.63, 3.8) is 0 Å². The summed E-state index contributed by atoms with van der Waals surface area (Å²) in [5.74, 6) is 0.713. The quantitative estimate of drug-likeness (QED) is 0.160. The van der Waals surface area contributed by atoms with E-state index in [-0.39, 0.29) is 23.9 Å². The Balaban J connectivity index is 1.47. The molecule has 220 valence electrons. The van der Waals surface area contributed by atoms with E-state index in [4.69, 9.17) is 4.74 Å². The molecule has 1 heterocycles. The van der Waals surface area contributed by atoms with Crippen molar-refractivity contribution in [2.75, 3.05) is 26.2 Å². The number of phenolic OH excluding ortho intramolecular Hbond substituents is 1. The number of hydrogen-bond donors (Lipinski definition) is 3. The molecule has 0 bridgehead atoms. The maximum absolute atomic E-state index is 13.8. The molecule has 7 nitrogen and oxygen atoms in total. The van der Waals surface area contributed by atoms with Gasteiger partial charge in [-0.2, -0.15) is 0 Å². The molecule has 1 saturated heterocycles. The number of carbonyl (C=O) groups excluding carboxylic acids is 2. The second kappa shape index (κ2) is 17.0. The fourth-order valence-corrected chi connectivity index (χ4v) is 4.98. The zero-order valence-electron chi connectivity index (χ0n) is 23.7. The molecular weight excluding hydrogens is 511 g/mol. The van der Waals surface area contributed by atoms with E-state index in [0.29, 0.717) is 63.1 Å². The Kier molecular flexibility index (Phi) is 13.4. The van der Waals surface area contributed by atoms with Gasteiger partial charge in [-0.3, -0.25) is 14.5 Å². The molecule has 1 unspecified atom stereocenters. The lowest BCUT2D eigenvalue weighted by atomic mass is 10.0. The third kappa shape index (κ3) is 10.9. The Labute approximate surface area is 237 Å². The van der Waals surface area contributed by atoms with Crippen molar-refractivity contribution in [3.8, 4) is 11.5 Å². The van der Waals surface area contributed by atoms with E-state index < -0.39 is 18.3 Å². The summed E-state index contributed by atoms with van der Waals surface area (Å²) in [6.45, 7) is 4.10. The van der Waals surface area contributed by atoms with Crippen LogP contribution in [0.1, 0.15) is 93.2 Å². The smallest absolute Gasteiger partial charge is 0.220 e. The number of nitrogens with one attached hydrogen (secondary N) is 1. The minimum Gasteiger partial charge on any atom is -0.508 e. The minimum atomic E-state index is -0.941. The molecule has 0 spiro atoms. The average molecular weight is 557 g/mol.